The van der Waals surface area contributed by atoms with E-state index in [0.717, 1.165) is 12.8 Å². The largest absolute Gasteiger partial charge is 0.315 e. The predicted molar refractivity (Wildman–Crippen MR) is 59.0 cm³/mol. The molecule has 80 valence electrons. The van der Waals surface area contributed by atoms with Gasteiger partial charge in [-0.3, -0.25) is 4.79 Å². The molecule has 0 amide bonds. The third-order valence-electron chi connectivity index (χ3n) is 2.80. The summed E-state index contributed by atoms with van der Waals surface area (Å²) in [5.74, 6) is 0.594. The topological polar surface area (TPSA) is 34.9 Å². The molecule has 0 atom stereocenters. The van der Waals surface area contributed by atoms with Crippen molar-refractivity contribution in [2.45, 2.75) is 19.3 Å². The Balaban J connectivity index is 2.04. The summed E-state index contributed by atoms with van der Waals surface area (Å²) in [4.78, 5) is 15.8. The number of hydrogen-bond acceptors (Lipinski definition) is 2. The fourth-order valence-electron chi connectivity index (χ4n) is 1.85. The van der Waals surface area contributed by atoms with E-state index in [0.29, 0.717) is 23.3 Å². The molecule has 0 aliphatic heterocycles. The number of carbonyl (C=O) groups excluding carboxylic acids is 1. The lowest BCUT2D eigenvalue weighted by atomic mass is 9.99. The molecule has 1 aliphatic rings. The minimum Gasteiger partial charge on any atom is -0.315 e. The second-order valence-electron chi connectivity index (χ2n) is 3.91. The van der Waals surface area contributed by atoms with Crippen molar-refractivity contribution in [1.29, 1.82) is 0 Å². The highest BCUT2D eigenvalue weighted by Crippen LogP contribution is 2.23. The van der Waals surface area contributed by atoms with Gasteiger partial charge >= 0.3 is 0 Å². The summed E-state index contributed by atoms with van der Waals surface area (Å²) in [6.45, 7) is 0. The van der Waals surface area contributed by atoms with Gasteiger partial charge in [-0.2, -0.15) is 0 Å². The van der Waals surface area contributed by atoms with Gasteiger partial charge in [-0.25, -0.2) is 4.98 Å². The third kappa shape index (κ3) is 2.12. The van der Waals surface area contributed by atoms with E-state index in [9.17, 15) is 4.79 Å². The van der Waals surface area contributed by atoms with Gasteiger partial charge in [0.1, 0.15) is 5.69 Å². The Labute approximate surface area is 93.8 Å². The van der Waals surface area contributed by atoms with Crippen molar-refractivity contribution in [3.8, 4) is 0 Å². The molecule has 1 heterocycles. The van der Waals surface area contributed by atoms with Gasteiger partial charge in [-0.15, -0.1) is 0 Å². The molecule has 0 saturated carbocycles. The summed E-state index contributed by atoms with van der Waals surface area (Å²) in [6, 6.07) is 0. The van der Waals surface area contributed by atoms with Crippen LogP contribution in [0.3, 0.4) is 0 Å². The lowest BCUT2D eigenvalue weighted by Crippen LogP contribution is -2.10. The number of rotatable bonds is 3. The number of ketones is 1. The fraction of sp³-hybridized carbons (Fsp3) is 0.455. The molecular weight excluding hydrogens is 212 g/mol. The Morgan fingerprint density at radius 1 is 1.60 bits per heavy atom. The standard InChI is InChI=1S/C11H13ClN2O/c1-14-9(7-13-11(14)12)10(15)6-8-4-2-3-5-8/h2-3,7-8H,4-6H2,1H3. The molecule has 0 aromatic carbocycles. The quantitative estimate of drug-likeness (QED) is 0.584. The van der Waals surface area contributed by atoms with Crippen LogP contribution in [0, 0.1) is 5.92 Å². The molecule has 1 aromatic rings. The fourth-order valence-corrected chi connectivity index (χ4v) is 1.99. The smallest absolute Gasteiger partial charge is 0.202 e. The molecule has 0 fully saturated rings. The SMILES string of the molecule is Cn1c(C(=O)CC2CC=CC2)cnc1Cl. The van der Waals surface area contributed by atoms with Crippen molar-refractivity contribution in [2.24, 2.45) is 13.0 Å². The highest BCUT2D eigenvalue weighted by molar-refractivity contribution is 6.28. The maximum Gasteiger partial charge on any atom is 0.202 e. The van der Waals surface area contributed by atoms with Crippen LogP contribution in [-0.2, 0) is 7.05 Å². The highest BCUT2D eigenvalue weighted by Gasteiger charge is 2.19. The van der Waals surface area contributed by atoms with Crippen molar-refractivity contribution in [3.05, 3.63) is 29.3 Å². The molecular formula is C11H13ClN2O. The van der Waals surface area contributed by atoms with Gasteiger partial charge in [-0.1, -0.05) is 12.2 Å². The number of halogens is 1. The highest BCUT2D eigenvalue weighted by atomic mass is 35.5. The van der Waals surface area contributed by atoms with Crippen LogP contribution >= 0.6 is 11.6 Å². The van der Waals surface area contributed by atoms with Gasteiger partial charge in [-0.05, 0) is 30.4 Å². The Hall–Kier alpha value is -1.09. The van der Waals surface area contributed by atoms with Crippen LogP contribution in [0.15, 0.2) is 18.3 Å². The van der Waals surface area contributed by atoms with Crippen LogP contribution in [0.4, 0.5) is 0 Å². The Bertz CT molecular complexity index is 401. The molecule has 1 aromatic heterocycles. The van der Waals surface area contributed by atoms with Crippen molar-refractivity contribution < 1.29 is 4.79 Å². The molecule has 0 N–H and O–H groups in total. The summed E-state index contributed by atoms with van der Waals surface area (Å²) in [5, 5.41) is 0.364. The number of carbonyl (C=O) groups is 1. The van der Waals surface area contributed by atoms with E-state index in [-0.39, 0.29) is 5.78 Å². The second kappa shape index (κ2) is 4.19. The Morgan fingerprint density at radius 2 is 2.27 bits per heavy atom. The monoisotopic (exact) mass is 224 g/mol. The molecule has 2 rings (SSSR count). The summed E-state index contributed by atoms with van der Waals surface area (Å²) < 4.78 is 1.63. The molecule has 0 saturated heterocycles. The molecule has 0 unspecified atom stereocenters. The molecule has 0 spiro atoms. The number of imidazole rings is 1. The van der Waals surface area contributed by atoms with Crippen LogP contribution in [0.25, 0.3) is 0 Å². The number of Topliss-reactive ketones (excluding diaryl/α,β-unsaturated/α-hetero) is 1. The first-order valence-electron chi connectivity index (χ1n) is 5.04. The van der Waals surface area contributed by atoms with Gasteiger partial charge in [0, 0.05) is 13.5 Å². The average Bonchev–Trinajstić information content (AvgIpc) is 2.79. The Kier molecular flexibility index (Phi) is 2.91. The third-order valence-corrected chi connectivity index (χ3v) is 3.15. The van der Waals surface area contributed by atoms with Gasteiger partial charge in [0.05, 0.1) is 6.20 Å². The molecule has 0 bridgehead atoms. The molecule has 3 nitrogen and oxygen atoms in total. The average molecular weight is 225 g/mol. The van der Waals surface area contributed by atoms with Gasteiger partial charge in [0.25, 0.3) is 0 Å². The van der Waals surface area contributed by atoms with E-state index in [1.807, 2.05) is 0 Å². The summed E-state index contributed by atoms with van der Waals surface area (Å²) in [6.07, 6.45) is 8.42. The van der Waals surface area contributed by atoms with E-state index in [4.69, 9.17) is 11.6 Å². The van der Waals surface area contributed by atoms with Crippen LogP contribution in [0.5, 0.6) is 0 Å². The van der Waals surface area contributed by atoms with E-state index >= 15 is 0 Å². The maximum absolute atomic E-state index is 11.9. The lowest BCUT2D eigenvalue weighted by Gasteiger charge is -2.07. The van der Waals surface area contributed by atoms with E-state index in [2.05, 4.69) is 17.1 Å². The Morgan fingerprint density at radius 3 is 2.80 bits per heavy atom. The zero-order chi connectivity index (χ0) is 10.8. The number of aromatic nitrogens is 2. The van der Waals surface area contributed by atoms with Gasteiger partial charge in [0.2, 0.25) is 5.28 Å². The van der Waals surface area contributed by atoms with Crippen molar-refractivity contribution >= 4 is 17.4 Å². The minimum atomic E-state index is 0.130. The van der Waals surface area contributed by atoms with E-state index < -0.39 is 0 Å². The lowest BCUT2D eigenvalue weighted by molar-refractivity contribution is 0.0955. The summed E-state index contributed by atoms with van der Waals surface area (Å²) >= 11 is 5.78. The van der Waals surface area contributed by atoms with E-state index in [1.165, 1.54) is 0 Å². The summed E-state index contributed by atoms with van der Waals surface area (Å²) in [5.41, 5.74) is 0.604. The minimum absolute atomic E-state index is 0.130. The first-order chi connectivity index (χ1) is 7.18. The first kappa shape index (κ1) is 10.4. The molecule has 15 heavy (non-hydrogen) atoms. The van der Waals surface area contributed by atoms with Crippen molar-refractivity contribution in [2.75, 3.05) is 0 Å². The maximum atomic E-state index is 11.9. The van der Waals surface area contributed by atoms with Crippen LogP contribution in [0.1, 0.15) is 29.8 Å². The zero-order valence-electron chi connectivity index (χ0n) is 8.61. The van der Waals surface area contributed by atoms with Gasteiger partial charge in [0.15, 0.2) is 5.78 Å². The molecule has 4 heteroatoms. The zero-order valence-corrected chi connectivity index (χ0v) is 9.37. The second-order valence-corrected chi connectivity index (χ2v) is 4.25. The number of nitrogens with zero attached hydrogens (tertiary/aromatic N) is 2. The van der Waals surface area contributed by atoms with Crippen LogP contribution in [0.2, 0.25) is 5.28 Å². The summed E-state index contributed by atoms with van der Waals surface area (Å²) in [7, 11) is 1.76. The van der Waals surface area contributed by atoms with Crippen molar-refractivity contribution in [1.82, 2.24) is 9.55 Å². The van der Waals surface area contributed by atoms with E-state index in [1.54, 1.807) is 17.8 Å². The molecule has 0 radical (unpaired) electrons. The first-order valence-corrected chi connectivity index (χ1v) is 5.41. The predicted octanol–water partition coefficient (Wildman–Crippen LogP) is 2.61. The molecule has 1 aliphatic carbocycles. The van der Waals surface area contributed by atoms with Crippen LogP contribution in [-0.4, -0.2) is 15.3 Å². The van der Waals surface area contributed by atoms with Crippen LogP contribution < -0.4 is 0 Å². The number of allylic oxidation sites excluding steroid dienone is 2. The normalized spacial score (nSPS) is 16.1. The number of hydrogen-bond donors (Lipinski definition) is 0. The van der Waals surface area contributed by atoms with Crippen molar-refractivity contribution in [3.63, 3.8) is 0 Å². The van der Waals surface area contributed by atoms with Gasteiger partial charge < -0.3 is 4.57 Å².